The Morgan fingerprint density at radius 1 is 1.62 bits per heavy atom. The van der Waals surface area contributed by atoms with Crippen LogP contribution in [0, 0.1) is 11.8 Å². The van der Waals surface area contributed by atoms with Crippen molar-refractivity contribution in [2.45, 2.75) is 19.8 Å². The zero-order valence-electron chi connectivity index (χ0n) is 5.28. The minimum atomic E-state index is 0.842. The van der Waals surface area contributed by atoms with Crippen LogP contribution in [0.3, 0.4) is 0 Å². The summed E-state index contributed by atoms with van der Waals surface area (Å²) in [5, 5.41) is 0. The first-order valence-electron chi connectivity index (χ1n) is 2.74. The standard InChI is InChI=1S/C7H11N/c1-3-4-5-6-7-8-2/h2,5-7H2,1H3. The Kier molecular flexibility index (Phi) is 5.63. The van der Waals surface area contributed by atoms with E-state index in [1.807, 2.05) is 6.92 Å². The lowest BCUT2D eigenvalue weighted by atomic mass is 10.3. The number of aliphatic imine (C=N–C) groups is 1. The first-order valence-corrected chi connectivity index (χ1v) is 2.74. The van der Waals surface area contributed by atoms with E-state index in [0.717, 1.165) is 19.4 Å². The van der Waals surface area contributed by atoms with Crippen LogP contribution in [-0.2, 0) is 0 Å². The molecule has 0 saturated heterocycles. The first-order chi connectivity index (χ1) is 3.91. The van der Waals surface area contributed by atoms with Gasteiger partial charge in [-0.15, -0.1) is 11.8 Å². The summed E-state index contributed by atoms with van der Waals surface area (Å²) in [7, 11) is 0. The second-order valence-electron chi connectivity index (χ2n) is 1.48. The Hall–Kier alpha value is -0.770. The maximum atomic E-state index is 3.69. The molecule has 0 aromatic carbocycles. The fraction of sp³-hybridized carbons (Fsp3) is 0.571. The molecule has 0 fully saturated rings. The third kappa shape index (κ3) is 5.23. The molecule has 0 N–H and O–H groups in total. The molecule has 0 amide bonds. The van der Waals surface area contributed by atoms with Crippen LogP contribution < -0.4 is 0 Å². The van der Waals surface area contributed by atoms with Crippen LogP contribution >= 0.6 is 0 Å². The van der Waals surface area contributed by atoms with E-state index in [1.54, 1.807) is 0 Å². The Morgan fingerprint density at radius 2 is 2.38 bits per heavy atom. The Balaban J connectivity index is 2.89. The van der Waals surface area contributed by atoms with Crippen molar-refractivity contribution in [1.82, 2.24) is 0 Å². The van der Waals surface area contributed by atoms with Gasteiger partial charge in [-0.2, -0.15) is 0 Å². The van der Waals surface area contributed by atoms with Crippen LogP contribution in [0.5, 0.6) is 0 Å². The van der Waals surface area contributed by atoms with E-state index < -0.39 is 0 Å². The molecule has 0 spiro atoms. The second-order valence-corrected chi connectivity index (χ2v) is 1.48. The van der Waals surface area contributed by atoms with Crippen molar-refractivity contribution in [2.75, 3.05) is 6.54 Å². The van der Waals surface area contributed by atoms with Gasteiger partial charge in [-0.3, -0.25) is 0 Å². The SMILES string of the molecule is C=NCCCC#CC. The van der Waals surface area contributed by atoms with Crippen molar-refractivity contribution in [3.63, 3.8) is 0 Å². The van der Waals surface area contributed by atoms with Crippen LogP contribution in [0.15, 0.2) is 4.99 Å². The zero-order chi connectivity index (χ0) is 6.24. The second kappa shape index (κ2) is 6.23. The van der Waals surface area contributed by atoms with E-state index in [4.69, 9.17) is 0 Å². The van der Waals surface area contributed by atoms with Gasteiger partial charge in [0, 0.05) is 13.0 Å². The van der Waals surface area contributed by atoms with Crippen LogP contribution in [0.4, 0.5) is 0 Å². The summed E-state index contributed by atoms with van der Waals surface area (Å²) in [4.78, 5) is 3.69. The Morgan fingerprint density at radius 3 is 2.88 bits per heavy atom. The molecule has 0 saturated carbocycles. The Bertz CT molecular complexity index is 105. The van der Waals surface area contributed by atoms with Crippen molar-refractivity contribution in [2.24, 2.45) is 4.99 Å². The molecule has 0 aliphatic heterocycles. The number of hydrogen-bond acceptors (Lipinski definition) is 1. The molecule has 0 unspecified atom stereocenters. The van der Waals surface area contributed by atoms with Gasteiger partial charge in [-0.1, -0.05) is 0 Å². The number of hydrogen-bond donors (Lipinski definition) is 0. The summed E-state index contributed by atoms with van der Waals surface area (Å²) in [6, 6.07) is 0. The maximum Gasteiger partial charge on any atom is 0.0391 e. The molecule has 44 valence electrons. The van der Waals surface area contributed by atoms with Crippen molar-refractivity contribution in [3.8, 4) is 11.8 Å². The summed E-state index contributed by atoms with van der Waals surface area (Å²) in [5.74, 6) is 5.76. The smallest absolute Gasteiger partial charge is 0.0391 e. The lowest BCUT2D eigenvalue weighted by Crippen LogP contribution is -1.75. The molecule has 8 heavy (non-hydrogen) atoms. The third-order valence-electron chi connectivity index (χ3n) is 0.795. The predicted octanol–water partition coefficient (Wildman–Crippen LogP) is 1.49. The summed E-state index contributed by atoms with van der Waals surface area (Å²) in [6.07, 6.45) is 2.00. The van der Waals surface area contributed by atoms with Crippen molar-refractivity contribution >= 4 is 6.72 Å². The van der Waals surface area contributed by atoms with Crippen LogP contribution in [0.2, 0.25) is 0 Å². The quantitative estimate of drug-likeness (QED) is 0.296. The molecular weight excluding hydrogens is 98.1 g/mol. The van der Waals surface area contributed by atoms with Gasteiger partial charge in [-0.05, 0) is 20.1 Å². The molecule has 0 aliphatic carbocycles. The Labute approximate surface area is 50.8 Å². The molecule has 0 atom stereocenters. The van der Waals surface area contributed by atoms with E-state index >= 15 is 0 Å². The first kappa shape index (κ1) is 7.23. The number of nitrogens with zero attached hydrogens (tertiary/aromatic N) is 1. The monoisotopic (exact) mass is 109 g/mol. The minimum Gasteiger partial charge on any atom is -0.301 e. The lowest BCUT2D eigenvalue weighted by molar-refractivity contribution is 0.875. The average molecular weight is 109 g/mol. The van der Waals surface area contributed by atoms with E-state index in [-0.39, 0.29) is 0 Å². The van der Waals surface area contributed by atoms with Gasteiger partial charge in [0.25, 0.3) is 0 Å². The summed E-state index contributed by atoms with van der Waals surface area (Å²) in [5.41, 5.74) is 0. The highest BCUT2D eigenvalue weighted by Gasteiger charge is 1.75. The van der Waals surface area contributed by atoms with Gasteiger partial charge in [0.2, 0.25) is 0 Å². The molecule has 0 aromatic heterocycles. The highest BCUT2D eigenvalue weighted by molar-refractivity contribution is 5.23. The predicted molar refractivity (Wildman–Crippen MR) is 37.1 cm³/mol. The van der Waals surface area contributed by atoms with Crippen LogP contribution in [0.1, 0.15) is 19.8 Å². The topological polar surface area (TPSA) is 12.4 Å². The molecule has 1 nitrogen and oxygen atoms in total. The summed E-state index contributed by atoms with van der Waals surface area (Å²) >= 11 is 0. The molecule has 0 heterocycles. The highest BCUT2D eigenvalue weighted by Crippen LogP contribution is 1.84. The zero-order valence-corrected chi connectivity index (χ0v) is 5.28. The van der Waals surface area contributed by atoms with Crippen LogP contribution in [0.25, 0.3) is 0 Å². The van der Waals surface area contributed by atoms with Crippen molar-refractivity contribution in [1.29, 1.82) is 0 Å². The lowest BCUT2D eigenvalue weighted by Gasteiger charge is -1.83. The fourth-order valence-corrected chi connectivity index (χ4v) is 0.404. The van der Waals surface area contributed by atoms with Gasteiger partial charge < -0.3 is 4.99 Å². The van der Waals surface area contributed by atoms with E-state index in [9.17, 15) is 0 Å². The fourth-order valence-electron chi connectivity index (χ4n) is 0.404. The molecular formula is C7H11N. The molecule has 0 aliphatic rings. The largest absolute Gasteiger partial charge is 0.301 e. The van der Waals surface area contributed by atoms with E-state index in [2.05, 4.69) is 23.6 Å². The minimum absolute atomic E-state index is 0.842. The van der Waals surface area contributed by atoms with E-state index in [0.29, 0.717) is 0 Å². The summed E-state index contributed by atoms with van der Waals surface area (Å²) in [6.45, 7) is 6.05. The van der Waals surface area contributed by atoms with Gasteiger partial charge >= 0.3 is 0 Å². The van der Waals surface area contributed by atoms with Crippen molar-refractivity contribution in [3.05, 3.63) is 0 Å². The van der Waals surface area contributed by atoms with E-state index in [1.165, 1.54) is 0 Å². The molecule has 0 radical (unpaired) electrons. The van der Waals surface area contributed by atoms with Crippen molar-refractivity contribution < 1.29 is 0 Å². The number of rotatable bonds is 3. The van der Waals surface area contributed by atoms with Crippen LogP contribution in [-0.4, -0.2) is 13.3 Å². The maximum absolute atomic E-state index is 3.69. The third-order valence-corrected chi connectivity index (χ3v) is 0.795. The molecule has 0 aromatic rings. The molecule has 1 heteroatoms. The average Bonchev–Trinajstić information content (AvgIpc) is 1.81. The van der Waals surface area contributed by atoms with Gasteiger partial charge in [0.05, 0.1) is 0 Å². The molecule has 0 bridgehead atoms. The molecule has 0 rings (SSSR count). The van der Waals surface area contributed by atoms with Gasteiger partial charge in [0.15, 0.2) is 0 Å². The summed E-state index contributed by atoms with van der Waals surface area (Å²) < 4.78 is 0. The highest BCUT2D eigenvalue weighted by atomic mass is 14.7. The normalized spacial score (nSPS) is 7.12. The van der Waals surface area contributed by atoms with Gasteiger partial charge in [0.1, 0.15) is 0 Å². The van der Waals surface area contributed by atoms with Gasteiger partial charge in [-0.25, -0.2) is 0 Å². The number of unbranched alkanes of at least 4 members (excludes halogenated alkanes) is 1.